The van der Waals surface area contributed by atoms with Gasteiger partial charge in [0.15, 0.2) is 0 Å². The topological polar surface area (TPSA) is 20.2 Å². The lowest BCUT2D eigenvalue weighted by molar-refractivity contribution is 0.0765. The van der Waals surface area contributed by atoms with Crippen molar-refractivity contribution in [2.75, 3.05) is 0 Å². The highest BCUT2D eigenvalue weighted by Gasteiger charge is 2.29. The fourth-order valence-electron chi connectivity index (χ4n) is 3.58. The average Bonchev–Trinajstić information content (AvgIpc) is 3.09. The summed E-state index contributed by atoms with van der Waals surface area (Å²) in [7, 11) is 0. The van der Waals surface area contributed by atoms with E-state index in [2.05, 4.69) is 24.3 Å². The van der Waals surface area contributed by atoms with Gasteiger partial charge in [-0.1, -0.05) is 74.4 Å². The molecule has 0 aromatic heterocycles. The first-order valence-electron chi connectivity index (χ1n) is 8.12. The number of hydrogen-bond acceptors (Lipinski definition) is 1. The number of hydrogen-bond donors (Lipinski definition) is 1. The molecule has 3 rings (SSSR count). The summed E-state index contributed by atoms with van der Waals surface area (Å²) in [4.78, 5) is 0. The van der Waals surface area contributed by atoms with Crippen LogP contribution < -0.4 is 0 Å². The van der Waals surface area contributed by atoms with Crippen LogP contribution in [0.4, 0.5) is 0 Å². The first-order chi connectivity index (χ1) is 10.2. The van der Waals surface area contributed by atoms with Gasteiger partial charge in [0.25, 0.3) is 0 Å². The Balaban J connectivity index is 1.90. The van der Waals surface area contributed by atoms with E-state index in [-0.39, 0.29) is 0 Å². The molecule has 110 valence electrons. The standard InChI is InChI=1S/C20H24O/c1-2-20(21,18-10-4-3-5-11-18)19-14-12-17(13-15-19)16-8-6-7-9-16/h3-5,10-16,21H,2,6-9H2,1H3. The molecule has 0 aliphatic heterocycles. The van der Waals surface area contributed by atoms with E-state index in [1.54, 1.807) is 0 Å². The molecule has 1 saturated carbocycles. The van der Waals surface area contributed by atoms with Crippen molar-refractivity contribution in [1.29, 1.82) is 0 Å². The molecule has 1 unspecified atom stereocenters. The van der Waals surface area contributed by atoms with Crippen LogP contribution in [0.3, 0.4) is 0 Å². The molecule has 1 N–H and O–H groups in total. The van der Waals surface area contributed by atoms with Crippen LogP contribution in [-0.2, 0) is 5.60 Å². The van der Waals surface area contributed by atoms with E-state index >= 15 is 0 Å². The molecular formula is C20H24O. The van der Waals surface area contributed by atoms with Crippen LogP contribution in [0.15, 0.2) is 54.6 Å². The van der Waals surface area contributed by atoms with Gasteiger partial charge >= 0.3 is 0 Å². The molecule has 1 fully saturated rings. The van der Waals surface area contributed by atoms with Gasteiger partial charge in [0, 0.05) is 0 Å². The molecule has 1 atom stereocenters. The Kier molecular flexibility index (Phi) is 4.12. The van der Waals surface area contributed by atoms with Crippen molar-refractivity contribution in [2.45, 2.75) is 50.5 Å². The van der Waals surface area contributed by atoms with Crippen molar-refractivity contribution < 1.29 is 5.11 Å². The predicted octanol–water partition coefficient (Wildman–Crippen LogP) is 4.99. The highest BCUT2D eigenvalue weighted by molar-refractivity contribution is 5.38. The molecule has 1 aliphatic carbocycles. The van der Waals surface area contributed by atoms with Crippen LogP contribution in [0.25, 0.3) is 0 Å². The normalized spacial score (nSPS) is 18.6. The summed E-state index contributed by atoms with van der Waals surface area (Å²) in [6, 6.07) is 18.6. The van der Waals surface area contributed by atoms with Crippen LogP contribution in [0.1, 0.15) is 61.6 Å². The SMILES string of the molecule is CCC(O)(c1ccccc1)c1ccc(C2CCCC2)cc1. The summed E-state index contributed by atoms with van der Waals surface area (Å²) < 4.78 is 0. The largest absolute Gasteiger partial charge is 0.380 e. The molecule has 1 aliphatic rings. The maximum absolute atomic E-state index is 11.1. The molecule has 1 heteroatoms. The Morgan fingerprint density at radius 1 is 0.905 bits per heavy atom. The Morgan fingerprint density at radius 2 is 1.48 bits per heavy atom. The van der Waals surface area contributed by atoms with Gasteiger partial charge in [-0.2, -0.15) is 0 Å². The fourth-order valence-corrected chi connectivity index (χ4v) is 3.58. The van der Waals surface area contributed by atoms with Crippen LogP contribution in [0.2, 0.25) is 0 Å². The summed E-state index contributed by atoms with van der Waals surface area (Å²) >= 11 is 0. The third kappa shape index (κ3) is 2.75. The van der Waals surface area contributed by atoms with Crippen molar-refractivity contribution in [3.63, 3.8) is 0 Å². The quantitative estimate of drug-likeness (QED) is 0.836. The first kappa shape index (κ1) is 14.3. The second kappa shape index (κ2) is 6.03. The zero-order valence-corrected chi connectivity index (χ0v) is 12.8. The van der Waals surface area contributed by atoms with Crippen molar-refractivity contribution in [1.82, 2.24) is 0 Å². The maximum Gasteiger partial charge on any atom is 0.114 e. The monoisotopic (exact) mass is 280 g/mol. The number of benzene rings is 2. The average molecular weight is 280 g/mol. The van der Waals surface area contributed by atoms with E-state index in [0.717, 1.165) is 17.0 Å². The molecular weight excluding hydrogens is 256 g/mol. The lowest BCUT2D eigenvalue weighted by atomic mass is 9.83. The van der Waals surface area contributed by atoms with Crippen molar-refractivity contribution in [2.24, 2.45) is 0 Å². The maximum atomic E-state index is 11.1. The Hall–Kier alpha value is -1.60. The van der Waals surface area contributed by atoms with Crippen LogP contribution in [0.5, 0.6) is 0 Å². The Morgan fingerprint density at radius 3 is 2.05 bits per heavy atom. The Labute approximate surface area is 127 Å². The summed E-state index contributed by atoms with van der Waals surface area (Å²) in [5.41, 5.74) is 2.52. The van der Waals surface area contributed by atoms with Gasteiger partial charge in [-0.3, -0.25) is 0 Å². The van der Waals surface area contributed by atoms with Crippen molar-refractivity contribution >= 4 is 0 Å². The molecule has 0 radical (unpaired) electrons. The van der Waals surface area contributed by atoms with Crippen molar-refractivity contribution in [3.05, 3.63) is 71.3 Å². The zero-order chi connectivity index (χ0) is 14.7. The molecule has 2 aromatic rings. The summed E-state index contributed by atoms with van der Waals surface area (Å²) in [5.74, 6) is 0.727. The van der Waals surface area contributed by atoms with Gasteiger partial charge in [0.1, 0.15) is 5.60 Å². The first-order valence-corrected chi connectivity index (χ1v) is 8.12. The van der Waals surface area contributed by atoms with E-state index in [1.165, 1.54) is 31.2 Å². The summed E-state index contributed by atoms with van der Waals surface area (Å²) in [6.45, 7) is 2.04. The van der Waals surface area contributed by atoms with Gasteiger partial charge in [-0.25, -0.2) is 0 Å². The third-order valence-electron chi connectivity index (χ3n) is 4.98. The minimum absolute atomic E-state index is 0.680. The molecule has 0 amide bonds. The van der Waals surface area contributed by atoms with Gasteiger partial charge in [0.05, 0.1) is 0 Å². The van der Waals surface area contributed by atoms with Crippen molar-refractivity contribution in [3.8, 4) is 0 Å². The van der Waals surface area contributed by atoms with Gasteiger partial charge in [-0.15, -0.1) is 0 Å². The minimum atomic E-state index is -0.879. The molecule has 21 heavy (non-hydrogen) atoms. The highest BCUT2D eigenvalue weighted by atomic mass is 16.3. The number of aliphatic hydroxyl groups is 1. The van der Waals surface area contributed by atoms with Gasteiger partial charge in [0.2, 0.25) is 0 Å². The molecule has 0 saturated heterocycles. The number of rotatable bonds is 4. The van der Waals surface area contributed by atoms with Crippen LogP contribution >= 0.6 is 0 Å². The molecule has 1 nitrogen and oxygen atoms in total. The molecule has 0 bridgehead atoms. The van der Waals surface area contributed by atoms with Gasteiger partial charge < -0.3 is 5.11 Å². The Bertz CT molecular complexity index is 567. The second-order valence-electron chi connectivity index (χ2n) is 6.18. The molecule has 2 aromatic carbocycles. The van der Waals surface area contributed by atoms with E-state index in [1.807, 2.05) is 37.3 Å². The van der Waals surface area contributed by atoms with E-state index < -0.39 is 5.60 Å². The predicted molar refractivity (Wildman–Crippen MR) is 87.4 cm³/mol. The summed E-state index contributed by atoms with van der Waals surface area (Å²) in [5, 5.41) is 11.1. The van der Waals surface area contributed by atoms with E-state index in [9.17, 15) is 5.11 Å². The van der Waals surface area contributed by atoms with Crippen LogP contribution in [-0.4, -0.2) is 5.11 Å². The second-order valence-corrected chi connectivity index (χ2v) is 6.18. The molecule has 0 heterocycles. The minimum Gasteiger partial charge on any atom is -0.380 e. The van der Waals surface area contributed by atoms with E-state index in [0.29, 0.717) is 6.42 Å². The van der Waals surface area contributed by atoms with Crippen LogP contribution in [0, 0.1) is 0 Å². The fraction of sp³-hybridized carbons (Fsp3) is 0.400. The highest BCUT2D eigenvalue weighted by Crippen LogP contribution is 2.37. The smallest absolute Gasteiger partial charge is 0.114 e. The zero-order valence-electron chi connectivity index (χ0n) is 12.8. The van der Waals surface area contributed by atoms with E-state index in [4.69, 9.17) is 0 Å². The van der Waals surface area contributed by atoms with Gasteiger partial charge in [-0.05, 0) is 41.9 Å². The lowest BCUT2D eigenvalue weighted by Gasteiger charge is -2.28. The molecule has 0 spiro atoms. The third-order valence-corrected chi connectivity index (χ3v) is 4.98. The lowest BCUT2D eigenvalue weighted by Crippen LogP contribution is -2.26. The summed E-state index contributed by atoms with van der Waals surface area (Å²) in [6.07, 6.45) is 6.02.